The number of benzene rings is 2. The van der Waals surface area contributed by atoms with Crippen molar-refractivity contribution >= 4 is 18.1 Å². The largest absolute Gasteiger partial charge is 0.524 e. The molecular formula is C19H18O5. The van der Waals surface area contributed by atoms with Crippen LogP contribution < -0.4 is 0 Å². The predicted molar refractivity (Wildman–Crippen MR) is 87.9 cm³/mol. The van der Waals surface area contributed by atoms with Gasteiger partial charge in [0.25, 0.3) is 0 Å². The molecule has 0 aliphatic heterocycles. The number of aryl methyl sites for hydroxylation is 2. The minimum absolute atomic E-state index is 0.198. The second kappa shape index (κ2) is 8.06. The molecule has 0 heterocycles. The topological polar surface area (TPSA) is 69.7 Å². The van der Waals surface area contributed by atoms with Crippen LogP contribution in [0.25, 0.3) is 0 Å². The number of carbonyl (C=O) groups excluding carboxylic acids is 3. The van der Waals surface area contributed by atoms with Crippen LogP contribution in [0.2, 0.25) is 0 Å². The second-order valence-electron chi connectivity index (χ2n) is 5.09. The molecule has 0 amide bonds. The summed E-state index contributed by atoms with van der Waals surface area (Å²) in [5.74, 6) is -1.70. The fourth-order valence-electron chi connectivity index (χ4n) is 2.22. The molecule has 0 aromatic heterocycles. The molecule has 0 N–H and O–H groups in total. The van der Waals surface area contributed by atoms with Gasteiger partial charge in [-0.05, 0) is 42.2 Å². The van der Waals surface area contributed by atoms with E-state index in [1.165, 1.54) is 12.1 Å². The van der Waals surface area contributed by atoms with E-state index >= 15 is 0 Å². The molecule has 0 atom stereocenters. The van der Waals surface area contributed by atoms with Gasteiger partial charge in [0.2, 0.25) is 0 Å². The summed E-state index contributed by atoms with van der Waals surface area (Å²) in [6.07, 6.45) is 0.127. The van der Waals surface area contributed by atoms with Crippen LogP contribution in [0.15, 0.2) is 48.5 Å². The molecule has 5 nitrogen and oxygen atoms in total. The Morgan fingerprint density at radius 2 is 1.50 bits per heavy atom. The highest BCUT2D eigenvalue weighted by Crippen LogP contribution is 2.15. The number of hydrogen-bond donors (Lipinski definition) is 0. The molecule has 0 aliphatic carbocycles. The maximum atomic E-state index is 12.1. The van der Waals surface area contributed by atoms with E-state index in [2.05, 4.69) is 9.47 Å². The molecule has 0 aliphatic rings. The zero-order valence-electron chi connectivity index (χ0n) is 13.6. The molecule has 0 radical (unpaired) electrons. The summed E-state index contributed by atoms with van der Waals surface area (Å²) in [6.45, 7) is 3.92. The second-order valence-corrected chi connectivity index (χ2v) is 5.09. The summed E-state index contributed by atoms with van der Waals surface area (Å²) in [5, 5.41) is 0. The average Bonchev–Trinajstić information content (AvgIpc) is 2.61. The lowest BCUT2D eigenvalue weighted by Gasteiger charge is -2.09. The summed E-state index contributed by atoms with van der Waals surface area (Å²) >= 11 is 0. The van der Waals surface area contributed by atoms with E-state index in [0.717, 1.165) is 17.5 Å². The van der Waals surface area contributed by atoms with Crippen molar-refractivity contribution in [2.24, 2.45) is 0 Å². The van der Waals surface area contributed by atoms with Crippen molar-refractivity contribution in [1.82, 2.24) is 0 Å². The Labute approximate surface area is 140 Å². The monoisotopic (exact) mass is 326 g/mol. The lowest BCUT2D eigenvalue weighted by molar-refractivity contribution is 0.0337. The third-order valence-corrected chi connectivity index (χ3v) is 3.54. The molecule has 2 aromatic rings. The Morgan fingerprint density at radius 1 is 0.833 bits per heavy atom. The quantitative estimate of drug-likeness (QED) is 0.628. The van der Waals surface area contributed by atoms with E-state index in [4.69, 9.17) is 0 Å². The molecule has 0 fully saturated rings. The molecule has 0 spiro atoms. The van der Waals surface area contributed by atoms with Crippen LogP contribution in [-0.4, -0.2) is 18.1 Å². The standard InChI is InChI=1S/C19H18O5/c1-3-13-10-11-16(14(4-2)12-13)18(21)24-19(22)23-17(20)15-8-6-5-7-9-15/h5-12H,3-4H2,1-2H3. The van der Waals surface area contributed by atoms with E-state index < -0.39 is 18.1 Å². The van der Waals surface area contributed by atoms with Gasteiger partial charge in [-0.15, -0.1) is 0 Å². The van der Waals surface area contributed by atoms with E-state index in [9.17, 15) is 14.4 Å². The van der Waals surface area contributed by atoms with Crippen molar-refractivity contribution in [2.45, 2.75) is 26.7 Å². The van der Waals surface area contributed by atoms with E-state index in [0.29, 0.717) is 12.0 Å². The molecule has 2 rings (SSSR count). The molecule has 2 aromatic carbocycles. The van der Waals surface area contributed by atoms with Crippen molar-refractivity contribution in [3.8, 4) is 0 Å². The van der Waals surface area contributed by atoms with Gasteiger partial charge in [0.05, 0.1) is 11.1 Å². The highest BCUT2D eigenvalue weighted by atomic mass is 16.8. The van der Waals surface area contributed by atoms with Crippen LogP contribution in [0.4, 0.5) is 4.79 Å². The van der Waals surface area contributed by atoms with E-state index in [1.807, 2.05) is 19.9 Å². The third-order valence-electron chi connectivity index (χ3n) is 3.54. The molecule has 5 heteroatoms. The molecule has 0 saturated carbocycles. The SMILES string of the molecule is CCc1ccc(C(=O)OC(=O)OC(=O)c2ccccc2)c(CC)c1. The van der Waals surface area contributed by atoms with Crippen molar-refractivity contribution in [2.75, 3.05) is 0 Å². The van der Waals surface area contributed by atoms with Crippen molar-refractivity contribution in [3.05, 3.63) is 70.8 Å². The normalized spacial score (nSPS) is 10.1. The summed E-state index contributed by atoms with van der Waals surface area (Å²) in [7, 11) is 0. The molecule has 24 heavy (non-hydrogen) atoms. The first-order valence-electron chi connectivity index (χ1n) is 7.70. The summed E-state index contributed by atoms with van der Waals surface area (Å²) in [5.41, 5.74) is 2.36. The first kappa shape index (κ1) is 17.4. The molecular weight excluding hydrogens is 308 g/mol. The highest BCUT2D eigenvalue weighted by molar-refractivity contribution is 6.01. The smallest absolute Gasteiger partial charge is 0.356 e. The molecule has 0 bridgehead atoms. The average molecular weight is 326 g/mol. The Hall–Kier alpha value is -2.95. The van der Waals surface area contributed by atoms with Crippen LogP contribution in [-0.2, 0) is 22.3 Å². The van der Waals surface area contributed by atoms with Crippen molar-refractivity contribution < 1.29 is 23.9 Å². The van der Waals surface area contributed by atoms with Gasteiger partial charge in [-0.25, -0.2) is 14.4 Å². The van der Waals surface area contributed by atoms with E-state index in [-0.39, 0.29) is 5.56 Å². The van der Waals surface area contributed by atoms with Crippen LogP contribution in [0, 0.1) is 0 Å². The zero-order valence-corrected chi connectivity index (χ0v) is 13.6. The lowest BCUT2D eigenvalue weighted by atomic mass is 10.0. The third kappa shape index (κ3) is 4.29. The number of esters is 2. The van der Waals surface area contributed by atoms with E-state index in [1.54, 1.807) is 30.3 Å². The fraction of sp³-hybridized carbons (Fsp3) is 0.211. The Morgan fingerprint density at radius 3 is 2.12 bits per heavy atom. The van der Waals surface area contributed by atoms with Crippen LogP contribution in [0.5, 0.6) is 0 Å². The van der Waals surface area contributed by atoms with Gasteiger partial charge in [-0.1, -0.05) is 44.2 Å². The van der Waals surface area contributed by atoms with Gasteiger partial charge in [0, 0.05) is 0 Å². The Bertz CT molecular complexity index is 750. The maximum Gasteiger partial charge on any atom is 0.524 e. The first-order valence-corrected chi connectivity index (χ1v) is 7.70. The van der Waals surface area contributed by atoms with Crippen molar-refractivity contribution in [1.29, 1.82) is 0 Å². The van der Waals surface area contributed by atoms with Crippen LogP contribution >= 0.6 is 0 Å². The number of hydrogen-bond acceptors (Lipinski definition) is 5. The minimum Gasteiger partial charge on any atom is -0.356 e. The summed E-state index contributed by atoms with van der Waals surface area (Å²) < 4.78 is 9.15. The number of ether oxygens (including phenoxy) is 2. The van der Waals surface area contributed by atoms with Gasteiger partial charge in [0.1, 0.15) is 0 Å². The van der Waals surface area contributed by atoms with Gasteiger partial charge in [0.15, 0.2) is 0 Å². The van der Waals surface area contributed by atoms with Gasteiger partial charge in [-0.2, -0.15) is 0 Å². The number of rotatable bonds is 4. The lowest BCUT2D eigenvalue weighted by Crippen LogP contribution is -2.19. The Kier molecular flexibility index (Phi) is 5.84. The van der Waals surface area contributed by atoms with Crippen LogP contribution in [0.1, 0.15) is 45.7 Å². The summed E-state index contributed by atoms with van der Waals surface area (Å²) in [4.78, 5) is 35.5. The van der Waals surface area contributed by atoms with Gasteiger partial charge < -0.3 is 9.47 Å². The summed E-state index contributed by atoms with van der Waals surface area (Å²) in [6, 6.07) is 13.3. The predicted octanol–water partition coefficient (Wildman–Crippen LogP) is 3.95. The maximum absolute atomic E-state index is 12.1. The van der Waals surface area contributed by atoms with Gasteiger partial charge in [-0.3, -0.25) is 0 Å². The number of carbonyl (C=O) groups is 3. The van der Waals surface area contributed by atoms with Gasteiger partial charge >= 0.3 is 18.1 Å². The first-order chi connectivity index (χ1) is 11.5. The zero-order chi connectivity index (χ0) is 17.5. The minimum atomic E-state index is -1.34. The Balaban J connectivity index is 2.04. The van der Waals surface area contributed by atoms with Crippen molar-refractivity contribution in [3.63, 3.8) is 0 Å². The molecule has 124 valence electrons. The molecule has 0 saturated heterocycles. The van der Waals surface area contributed by atoms with Crippen LogP contribution in [0.3, 0.4) is 0 Å². The fourth-order valence-corrected chi connectivity index (χ4v) is 2.22. The molecule has 0 unspecified atom stereocenters. The highest BCUT2D eigenvalue weighted by Gasteiger charge is 2.20.